The number of hydrogen-bond donors (Lipinski definition) is 1. The molecular formula is C17H22N2S2. The van der Waals surface area contributed by atoms with Crippen LogP contribution >= 0.6 is 23.1 Å². The summed E-state index contributed by atoms with van der Waals surface area (Å²) in [5.74, 6) is 1.55. The van der Waals surface area contributed by atoms with E-state index in [1.165, 1.54) is 21.2 Å². The third-order valence-corrected chi connectivity index (χ3v) is 6.06. The normalized spacial score (nSPS) is 19.5. The van der Waals surface area contributed by atoms with Gasteiger partial charge in [-0.1, -0.05) is 39.0 Å². The molecule has 0 radical (unpaired) electrons. The van der Waals surface area contributed by atoms with Gasteiger partial charge in [0.2, 0.25) is 0 Å². The third kappa shape index (κ3) is 3.17. The summed E-state index contributed by atoms with van der Waals surface area (Å²) in [6.45, 7) is 6.61. The molecule has 21 heavy (non-hydrogen) atoms. The van der Waals surface area contributed by atoms with Crippen molar-refractivity contribution in [3.8, 4) is 0 Å². The first-order valence-corrected chi connectivity index (χ1v) is 9.24. The first kappa shape index (κ1) is 15.1. The van der Waals surface area contributed by atoms with E-state index in [4.69, 9.17) is 10.7 Å². The summed E-state index contributed by atoms with van der Waals surface area (Å²) >= 11 is 3.67. The maximum absolute atomic E-state index is 6.50. The van der Waals surface area contributed by atoms with Gasteiger partial charge in [0.25, 0.3) is 0 Å². The number of rotatable bonds is 3. The highest BCUT2D eigenvalue weighted by Gasteiger charge is 2.29. The molecule has 1 aromatic carbocycles. The summed E-state index contributed by atoms with van der Waals surface area (Å²) in [4.78, 5) is 6.18. The lowest BCUT2D eigenvalue weighted by atomic mass is 9.92. The fourth-order valence-electron chi connectivity index (χ4n) is 2.63. The number of fused-ring (bicyclic) bond motifs is 1. The third-order valence-electron chi connectivity index (χ3n) is 3.98. The molecule has 1 aromatic heterocycles. The van der Waals surface area contributed by atoms with Gasteiger partial charge in [-0.15, -0.1) is 23.1 Å². The number of thiazole rings is 1. The van der Waals surface area contributed by atoms with Crippen molar-refractivity contribution in [1.29, 1.82) is 0 Å². The van der Waals surface area contributed by atoms with E-state index >= 15 is 0 Å². The van der Waals surface area contributed by atoms with Crippen LogP contribution < -0.4 is 5.73 Å². The summed E-state index contributed by atoms with van der Waals surface area (Å²) in [6.07, 6.45) is 0.875. The summed E-state index contributed by atoms with van der Waals surface area (Å²) in [5, 5.41) is 3.35. The summed E-state index contributed by atoms with van der Waals surface area (Å²) in [7, 11) is 0. The van der Waals surface area contributed by atoms with E-state index < -0.39 is 0 Å². The van der Waals surface area contributed by atoms with E-state index in [1.807, 2.05) is 11.8 Å². The van der Waals surface area contributed by atoms with Gasteiger partial charge in [0.05, 0.1) is 10.7 Å². The van der Waals surface area contributed by atoms with E-state index in [1.54, 1.807) is 11.3 Å². The molecule has 0 amide bonds. The lowest BCUT2D eigenvalue weighted by Crippen LogP contribution is -2.31. The van der Waals surface area contributed by atoms with Crippen LogP contribution in [0.1, 0.15) is 43.0 Å². The van der Waals surface area contributed by atoms with Crippen molar-refractivity contribution in [3.63, 3.8) is 0 Å². The van der Waals surface area contributed by atoms with Gasteiger partial charge in [0, 0.05) is 39.8 Å². The number of benzene rings is 1. The van der Waals surface area contributed by atoms with Crippen molar-refractivity contribution >= 4 is 23.1 Å². The zero-order chi connectivity index (χ0) is 15.0. The Kier molecular flexibility index (Phi) is 4.12. The number of thioether (sulfide) groups is 1. The highest BCUT2D eigenvalue weighted by atomic mass is 32.2. The zero-order valence-corrected chi connectivity index (χ0v) is 14.4. The average Bonchev–Trinajstić information content (AvgIpc) is 3.03. The van der Waals surface area contributed by atoms with Gasteiger partial charge in [-0.05, 0) is 11.6 Å². The average molecular weight is 319 g/mol. The van der Waals surface area contributed by atoms with Gasteiger partial charge in [-0.3, -0.25) is 0 Å². The molecule has 1 aliphatic rings. The minimum atomic E-state index is 0.120. The molecule has 2 N–H and O–H groups in total. The molecule has 2 atom stereocenters. The molecular weight excluding hydrogens is 296 g/mol. The van der Waals surface area contributed by atoms with Gasteiger partial charge in [-0.25, -0.2) is 4.98 Å². The highest BCUT2D eigenvalue weighted by molar-refractivity contribution is 7.99. The van der Waals surface area contributed by atoms with Crippen molar-refractivity contribution in [3.05, 3.63) is 45.9 Å². The van der Waals surface area contributed by atoms with Crippen LogP contribution in [-0.2, 0) is 11.8 Å². The van der Waals surface area contributed by atoms with E-state index in [9.17, 15) is 0 Å². The van der Waals surface area contributed by atoms with Crippen LogP contribution in [-0.4, -0.2) is 16.8 Å². The molecule has 0 saturated carbocycles. The second kappa shape index (κ2) is 5.75. The molecule has 112 valence electrons. The van der Waals surface area contributed by atoms with E-state index in [0.29, 0.717) is 5.92 Å². The molecule has 0 bridgehead atoms. The second-order valence-corrected chi connectivity index (χ2v) is 8.70. The molecule has 2 heterocycles. The Bertz CT molecular complexity index is 628. The lowest BCUT2D eigenvalue weighted by molar-refractivity contribution is 0.553. The molecule has 1 aliphatic heterocycles. The minimum absolute atomic E-state index is 0.120. The van der Waals surface area contributed by atoms with Gasteiger partial charge in [0.1, 0.15) is 0 Å². The highest BCUT2D eigenvalue weighted by Crippen LogP contribution is 2.41. The van der Waals surface area contributed by atoms with Crippen LogP contribution in [0.25, 0.3) is 0 Å². The first-order valence-electron chi connectivity index (χ1n) is 7.37. The maximum Gasteiger partial charge on any atom is 0.0944 e. The van der Waals surface area contributed by atoms with E-state index in [2.05, 4.69) is 50.4 Å². The standard InChI is InChI=1S/C17H22N2S2/c1-17(2,3)15-10-21-16(19-15)8-13(18)12-9-20-14-7-5-4-6-11(12)14/h4-7,10,12-13H,8-9,18H2,1-3H3. The largest absolute Gasteiger partial charge is 0.327 e. The topological polar surface area (TPSA) is 38.9 Å². The fraction of sp³-hybridized carbons (Fsp3) is 0.471. The predicted molar refractivity (Wildman–Crippen MR) is 92.4 cm³/mol. The van der Waals surface area contributed by atoms with Crippen LogP contribution in [0, 0.1) is 0 Å². The monoisotopic (exact) mass is 318 g/mol. The Morgan fingerprint density at radius 2 is 2.10 bits per heavy atom. The first-order chi connectivity index (χ1) is 9.95. The van der Waals surface area contributed by atoms with Crippen LogP contribution in [0.15, 0.2) is 34.5 Å². The SMILES string of the molecule is CC(C)(C)c1csc(CC(N)C2CSc3ccccc32)n1. The van der Waals surface area contributed by atoms with Crippen molar-refractivity contribution in [2.75, 3.05) is 5.75 Å². The second-order valence-electron chi connectivity index (χ2n) is 6.70. The van der Waals surface area contributed by atoms with E-state index in [-0.39, 0.29) is 11.5 Å². The summed E-state index contributed by atoms with van der Waals surface area (Å²) in [6, 6.07) is 8.80. The molecule has 0 aliphatic carbocycles. The number of nitrogens with two attached hydrogens (primary N) is 1. The van der Waals surface area contributed by atoms with Crippen molar-refractivity contribution in [2.45, 2.75) is 49.5 Å². The van der Waals surface area contributed by atoms with Crippen molar-refractivity contribution in [2.24, 2.45) is 5.73 Å². The predicted octanol–water partition coefficient (Wildman–Crippen LogP) is 4.20. The van der Waals surface area contributed by atoms with Gasteiger partial charge in [-0.2, -0.15) is 0 Å². The van der Waals surface area contributed by atoms with Crippen molar-refractivity contribution in [1.82, 2.24) is 4.98 Å². The molecule has 0 spiro atoms. The number of aromatic nitrogens is 1. The Morgan fingerprint density at radius 1 is 1.33 bits per heavy atom. The molecule has 2 nitrogen and oxygen atoms in total. The molecule has 2 unspecified atom stereocenters. The van der Waals surface area contributed by atoms with Crippen LogP contribution in [0.2, 0.25) is 0 Å². The van der Waals surface area contributed by atoms with Crippen LogP contribution in [0.4, 0.5) is 0 Å². The maximum atomic E-state index is 6.50. The molecule has 0 fully saturated rings. The Balaban J connectivity index is 1.73. The van der Waals surface area contributed by atoms with Crippen LogP contribution in [0.3, 0.4) is 0 Å². The lowest BCUT2D eigenvalue weighted by Gasteiger charge is -2.19. The molecule has 3 rings (SSSR count). The van der Waals surface area contributed by atoms with E-state index in [0.717, 1.165) is 12.2 Å². The molecule has 4 heteroatoms. The van der Waals surface area contributed by atoms with Crippen molar-refractivity contribution < 1.29 is 0 Å². The Morgan fingerprint density at radius 3 is 2.81 bits per heavy atom. The van der Waals surface area contributed by atoms with Gasteiger partial charge < -0.3 is 5.73 Å². The van der Waals surface area contributed by atoms with Gasteiger partial charge >= 0.3 is 0 Å². The van der Waals surface area contributed by atoms with Gasteiger partial charge in [0.15, 0.2) is 0 Å². The fourth-order valence-corrected chi connectivity index (χ4v) is 5.08. The van der Waals surface area contributed by atoms with Crippen LogP contribution in [0.5, 0.6) is 0 Å². The Hall–Kier alpha value is -0.840. The quantitative estimate of drug-likeness (QED) is 0.922. The summed E-state index contributed by atoms with van der Waals surface area (Å²) in [5.41, 5.74) is 9.21. The molecule has 2 aromatic rings. The number of nitrogens with zero attached hydrogens (tertiary/aromatic N) is 1. The minimum Gasteiger partial charge on any atom is -0.327 e. The number of hydrogen-bond acceptors (Lipinski definition) is 4. The molecule has 0 saturated heterocycles. The zero-order valence-electron chi connectivity index (χ0n) is 12.8. The smallest absolute Gasteiger partial charge is 0.0944 e. The summed E-state index contributed by atoms with van der Waals surface area (Å²) < 4.78 is 0. The Labute approximate surface area is 135 Å².